The lowest BCUT2D eigenvalue weighted by molar-refractivity contribution is -0.116. The van der Waals surface area contributed by atoms with Gasteiger partial charge in [0.25, 0.3) is 5.91 Å². The number of rotatable bonds is 5. The predicted molar refractivity (Wildman–Crippen MR) is 103 cm³/mol. The number of aromatic hydroxyl groups is 1. The molecule has 0 saturated carbocycles. The van der Waals surface area contributed by atoms with Crippen molar-refractivity contribution < 1.29 is 9.90 Å². The van der Waals surface area contributed by atoms with Gasteiger partial charge in [0.15, 0.2) is 5.69 Å². The van der Waals surface area contributed by atoms with Gasteiger partial charge in [0.05, 0.1) is 12.1 Å². The number of nitrogens with one attached hydrogen (secondary N) is 1. The van der Waals surface area contributed by atoms with Crippen LogP contribution in [0.25, 0.3) is 10.9 Å². The Bertz CT molecular complexity index is 989. The van der Waals surface area contributed by atoms with Crippen molar-refractivity contribution >= 4 is 28.2 Å². The van der Waals surface area contributed by atoms with Crippen LogP contribution in [-0.4, -0.2) is 22.1 Å². The van der Waals surface area contributed by atoms with Crippen LogP contribution in [-0.2, 0) is 11.3 Å². The van der Waals surface area contributed by atoms with Gasteiger partial charge in [-0.15, -0.1) is 10.2 Å². The molecule has 1 aromatic heterocycles. The van der Waals surface area contributed by atoms with Crippen LogP contribution in [0.1, 0.15) is 18.1 Å². The highest BCUT2D eigenvalue weighted by Crippen LogP contribution is 2.38. The molecule has 0 unspecified atom stereocenters. The molecular formula is C20H22N4O2. The fourth-order valence-corrected chi connectivity index (χ4v) is 2.86. The largest absolute Gasteiger partial charge is 0.493 e. The lowest BCUT2D eigenvalue weighted by Crippen LogP contribution is -2.11. The quantitative estimate of drug-likeness (QED) is 0.654. The summed E-state index contributed by atoms with van der Waals surface area (Å²) < 4.78 is 1.74. The topological polar surface area (TPSA) is 79.0 Å². The fourth-order valence-electron chi connectivity index (χ4n) is 2.86. The molecule has 0 aliphatic heterocycles. The molecule has 0 fully saturated rings. The molecule has 6 nitrogen and oxygen atoms in total. The van der Waals surface area contributed by atoms with Crippen molar-refractivity contribution in [1.82, 2.24) is 4.57 Å². The summed E-state index contributed by atoms with van der Waals surface area (Å²) in [6.45, 7) is 6.64. The van der Waals surface area contributed by atoms with Gasteiger partial charge >= 0.3 is 0 Å². The van der Waals surface area contributed by atoms with Crippen molar-refractivity contribution in [3.63, 3.8) is 0 Å². The van der Waals surface area contributed by atoms with E-state index >= 15 is 0 Å². The number of carbonyl (C=O) groups excluding carboxylic acids is 1. The maximum absolute atomic E-state index is 12.1. The summed E-state index contributed by atoms with van der Waals surface area (Å²) in [7, 11) is 0. The molecule has 2 N–H and O–H groups in total. The number of azo groups is 1. The highest BCUT2D eigenvalue weighted by Gasteiger charge is 2.15. The van der Waals surface area contributed by atoms with Gasteiger partial charge < -0.3 is 15.0 Å². The van der Waals surface area contributed by atoms with Crippen LogP contribution < -0.4 is 5.32 Å². The number of para-hydroxylation sites is 1. The maximum Gasteiger partial charge on any atom is 0.283 e. The van der Waals surface area contributed by atoms with Crippen LogP contribution in [0.4, 0.5) is 11.4 Å². The monoisotopic (exact) mass is 350 g/mol. The first-order valence-electron chi connectivity index (χ1n) is 8.57. The van der Waals surface area contributed by atoms with Gasteiger partial charge in [0.2, 0.25) is 5.88 Å². The van der Waals surface area contributed by atoms with Crippen molar-refractivity contribution in [1.29, 1.82) is 0 Å². The number of hydrogen-bond donors (Lipinski definition) is 2. The van der Waals surface area contributed by atoms with Crippen molar-refractivity contribution in [2.45, 2.75) is 27.3 Å². The van der Waals surface area contributed by atoms with Gasteiger partial charge in [-0.25, -0.2) is 0 Å². The number of nitrogens with zero attached hydrogens (tertiary/aromatic N) is 3. The molecule has 0 aliphatic rings. The van der Waals surface area contributed by atoms with E-state index in [9.17, 15) is 9.90 Å². The fraction of sp³-hybridized carbons (Fsp3) is 0.250. The second kappa shape index (κ2) is 7.39. The minimum atomic E-state index is -0.407. The molecule has 0 saturated heterocycles. The van der Waals surface area contributed by atoms with Crippen LogP contribution in [0, 0.1) is 13.8 Å². The summed E-state index contributed by atoms with van der Waals surface area (Å²) in [6.07, 6.45) is 0. The highest BCUT2D eigenvalue weighted by molar-refractivity contribution is 5.95. The molecule has 3 aromatic rings. The van der Waals surface area contributed by atoms with Crippen LogP contribution in [0.15, 0.2) is 52.7 Å². The van der Waals surface area contributed by atoms with E-state index in [0.29, 0.717) is 12.2 Å². The number of fused-ring (bicyclic) bond motifs is 1. The van der Waals surface area contributed by atoms with Crippen molar-refractivity contribution in [3.05, 3.63) is 53.6 Å². The van der Waals surface area contributed by atoms with Crippen molar-refractivity contribution in [3.8, 4) is 5.88 Å². The standard InChI is InChI=1S/C20H22N4O2/c1-4-24-17-8-6-5-7-16(17)19(20(24)26)23-22-18(25)12-21-15-10-9-13(2)14(3)11-15/h5-11,21,26H,4,12H2,1-3H3. The molecule has 3 rings (SSSR count). The molecule has 2 aromatic carbocycles. The molecule has 0 bridgehead atoms. The average molecular weight is 350 g/mol. The number of benzene rings is 2. The van der Waals surface area contributed by atoms with Crippen LogP contribution in [0.2, 0.25) is 0 Å². The van der Waals surface area contributed by atoms with E-state index in [1.54, 1.807) is 4.57 Å². The van der Waals surface area contributed by atoms with Gasteiger partial charge in [-0.2, -0.15) is 0 Å². The number of anilines is 1. The van der Waals surface area contributed by atoms with Crippen LogP contribution in [0.5, 0.6) is 5.88 Å². The zero-order chi connectivity index (χ0) is 18.7. The molecule has 1 heterocycles. The lowest BCUT2D eigenvalue weighted by Gasteiger charge is -2.06. The SMILES string of the molecule is CCn1c(O)c(N=NC(=O)CNc2ccc(C)c(C)c2)c2ccccc21. The molecular weight excluding hydrogens is 328 g/mol. The Morgan fingerprint density at radius 1 is 1.15 bits per heavy atom. The number of aromatic nitrogens is 1. The third kappa shape index (κ3) is 3.44. The second-order valence-electron chi connectivity index (χ2n) is 6.18. The number of aryl methyl sites for hydroxylation is 3. The summed E-state index contributed by atoms with van der Waals surface area (Å²) in [5.41, 5.74) is 4.40. The second-order valence-corrected chi connectivity index (χ2v) is 6.18. The maximum atomic E-state index is 12.1. The Kier molecular flexibility index (Phi) is 5.02. The Labute approximate surface area is 152 Å². The average Bonchev–Trinajstić information content (AvgIpc) is 2.91. The molecule has 26 heavy (non-hydrogen) atoms. The minimum Gasteiger partial charge on any atom is -0.493 e. The Morgan fingerprint density at radius 2 is 1.92 bits per heavy atom. The molecule has 134 valence electrons. The summed E-state index contributed by atoms with van der Waals surface area (Å²) >= 11 is 0. The van der Waals surface area contributed by atoms with E-state index in [-0.39, 0.29) is 12.4 Å². The first-order chi connectivity index (χ1) is 12.5. The Hall–Kier alpha value is -3.15. The summed E-state index contributed by atoms with van der Waals surface area (Å²) in [5, 5.41) is 22.0. The molecule has 1 amide bonds. The van der Waals surface area contributed by atoms with Crippen molar-refractivity contribution in [2.75, 3.05) is 11.9 Å². The normalized spacial score (nSPS) is 11.3. The van der Waals surface area contributed by atoms with E-state index in [2.05, 4.69) is 15.5 Å². The van der Waals surface area contributed by atoms with E-state index in [1.807, 2.05) is 63.2 Å². The molecule has 0 atom stereocenters. The third-order valence-corrected chi connectivity index (χ3v) is 4.45. The number of amides is 1. The molecule has 0 spiro atoms. The van der Waals surface area contributed by atoms with Gasteiger partial charge in [0, 0.05) is 17.6 Å². The van der Waals surface area contributed by atoms with E-state index < -0.39 is 5.91 Å². The third-order valence-electron chi connectivity index (χ3n) is 4.45. The zero-order valence-electron chi connectivity index (χ0n) is 15.2. The van der Waals surface area contributed by atoms with Crippen LogP contribution in [0.3, 0.4) is 0 Å². The number of carbonyl (C=O) groups is 1. The summed E-state index contributed by atoms with van der Waals surface area (Å²) in [4.78, 5) is 12.1. The predicted octanol–water partition coefficient (Wildman–Crippen LogP) is 4.71. The van der Waals surface area contributed by atoms with Crippen LogP contribution >= 0.6 is 0 Å². The Balaban J connectivity index is 1.75. The smallest absolute Gasteiger partial charge is 0.283 e. The van der Waals surface area contributed by atoms with Crippen molar-refractivity contribution in [2.24, 2.45) is 10.2 Å². The summed E-state index contributed by atoms with van der Waals surface area (Å²) in [6, 6.07) is 13.4. The minimum absolute atomic E-state index is 0.0207. The zero-order valence-corrected chi connectivity index (χ0v) is 15.2. The molecule has 6 heteroatoms. The van der Waals surface area contributed by atoms with Gasteiger partial charge in [0.1, 0.15) is 0 Å². The first-order valence-corrected chi connectivity index (χ1v) is 8.57. The van der Waals surface area contributed by atoms with E-state index in [1.165, 1.54) is 5.56 Å². The van der Waals surface area contributed by atoms with E-state index in [0.717, 1.165) is 22.2 Å². The van der Waals surface area contributed by atoms with Gasteiger partial charge in [-0.3, -0.25) is 4.79 Å². The first kappa shape index (κ1) is 17.7. The lowest BCUT2D eigenvalue weighted by atomic mass is 10.1. The molecule has 0 aliphatic carbocycles. The Morgan fingerprint density at radius 3 is 2.65 bits per heavy atom. The highest BCUT2D eigenvalue weighted by atomic mass is 16.3. The van der Waals surface area contributed by atoms with Gasteiger partial charge in [-0.05, 0) is 50.1 Å². The van der Waals surface area contributed by atoms with E-state index in [4.69, 9.17) is 0 Å². The number of hydrogen-bond acceptors (Lipinski definition) is 4. The summed E-state index contributed by atoms with van der Waals surface area (Å²) in [5.74, 6) is -0.386. The van der Waals surface area contributed by atoms with Gasteiger partial charge in [-0.1, -0.05) is 24.3 Å². The molecule has 0 radical (unpaired) electrons.